The molecule has 3 aromatic rings. The summed E-state index contributed by atoms with van der Waals surface area (Å²) in [5.74, 6) is 0.564. The van der Waals surface area contributed by atoms with Crippen LogP contribution in [0.5, 0.6) is 0 Å². The number of rotatable bonds is 13. The maximum Gasteiger partial charge on any atom is 0.104 e. The summed E-state index contributed by atoms with van der Waals surface area (Å²) in [5.41, 5.74) is 5.72. The summed E-state index contributed by atoms with van der Waals surface area (Å²) in [7, 11) is 0. The highest BCUT2D eigenvalue weighted by Crippen LogP contribution is 2.27. The lowest BCUT2D eigenvalue weighted by atomic mass is 9.87. The van der Waals surface area contributed by atoms with Gasteiger partial charge >= 0.3 is 0 Å². The highest BCUT2D eigenvalue weighted by molar-refractivity contribution is 5.27. The van der Waals surface area contributed by atoms with E-state index in [1.807, 2.05) is 0 Å². The maximum absolute atomic E-state index is 5.65. The molecule has 0 radical (unpaired) electrons. The van der Waals surface area contributed by atoms with Crippen molar-refractivity contribution in [2.45, 2.75) is 50.5 Å². The fourth-order valence-electron chi connectivity index (χ4n) is 4.19. The van der Waals surface area contributed by atoms with E-state index in [1.54, 1.807) is 0 Å². The summed E-state index contributed by atoms with van der Waals surface area (Å²) in [6.45, 7) is 2.45. The van der Waals surface area contributed by atoms with Gasteiger partial charge in [-0.15, -0.1) is 0 Å². The molecule has 2 heteroatoms. The molecule has 0 aromatic heterocycles. The van der Waals surface area contributed by atoms with Crippen LogP contribution >= 0.6 is 0 Å². The first-order valence-corrected chi connectivity index (χ1v) is 11.7. The highest BCUT2D eigenvalue weighted by Gasteiger charge is 2.21. The minimum absolute atomic E-state index is 0.365. The Bertz CT molecular complexity index is 870. The zero-order valence-electron chi connectivity index (χ0n) is 18.4. The van der Waals surface area contributed by atoms with Crippen molar-refractivity contribution in [3.63, 3.8) is 0 Å². The van der Waals surface area contributed by atoms with Crippen molar-refractivity contribution >= 4 is 0 Å². The number of benzene rings is 3. The standard InChI is InChI=1S/C29H34O2/c1-3-9-24(10-4-1)11-7-15-28(27-13-5-2-6-14-27)21-26-18-16-25(17-19-26)12-8-20-30-22-29-23-31-29/h1-6,9-10,13-14,16-19,28-29H,7-8,11-12,15,20-23H2. The molecule has 4 rings (SSSR count). The zero-order chi connectivity index (χ0) is 21.1. The van der Waals surface area contributed by atoms with Crippen LogP contribution in [0.15, 0.2) is 84.9 Å². The van der Waals surface area contributed by atoms with Gasteiger partial charge in [0.1, 0.15) is 6.10 Å². The topological polar surface area (TPSA) is 21.8 Å². The van der Waals surface area contributed by atoms with Gasteiger partial charge in [0, 0.05) is 6.61 Å². The molecular weight excluding hydrogens is 380 g/mol. The Morgan fingerprint density at radius 2 is 1.35 bits per heavy atom. The Hall–Kier alpha value is -2.42. The molecule has 1 fully saturated rings. The Kier molecular flexibility index (Phi) is 8.32. The summed E-state index contributed by atoms with van der Waals surface area (Å²) in [6.07, 6.45) is 7.19. The minimum atomic E-state index is 0.365. The van der Waals surface area contributed by atoms with E-state index in [0.29, 0.717) is 12.0 Å². The Morgan fingerprint density at radius 3 is 2.06 bits per heavy atom. The van der Waals surface area contributed by atoms with E-state index in [4.69, 9.17) is 9.47 Å². The van der Waals surface area contributed by atoms with Crippen LogP contribution in [0, 0.1) is 0 Å². The van der Waals surface area contributed by atoms with E-state index >= 15 is 0 Å². The van der Waals surface area contributed by atoms with Gasteiger partial charge in [-0.3, -0.25) is 0 Å². The molecule has 31 heavy (non-hydrogen) atoms. The second-order valence-electron chi connectivity index (χ2n) is 8.64. The summed E-state index contributed by atoms with van der Waals surface area (Å²) in [6, 6.07) is 31.1. The summed E-state index contributed by atoms with van der Waals surface area (Å²) < 4.78 is 10.8. The van der Waals surface area contributed by atoms with Gasteiger partial charge in [-0.2, -0.15) is 0 Å². The average Bonchev–Trinajstić information content (AvgIpc) is 3.65. The average molecular weight is 415 g/mol. The summed E-state index contributed by atoms with van der Waals surface area (Å²) in [5, 5.41) is 0. The van der Waals surface area contributed by atoms with E-state index in [2.05, 4.69) is 84.9 Å². The number of aryl methyl sites for hydroxylation is 2. The molecule has 2 unspecified atom stereocenters. The number of hydrogen-bond donors (Lipinski definition) is 0. The van der Waals surface area contributed by atoms with Gasteiger partial charge in [-0.25, -0.2) is 0 Å². The van der Waals surface area contributed by atoms with Crippen LogP contribution in [0.4, 0.5) is 0 Å². The van der Waals surface area contributed by atoms with Gasteiger partial charge in [-0.05, 0) is 66.7 Å². The van der Waals surface area contributed by atoms with Crippen molar-refractivity contribution in [1.29, 1.82) is 0 Å². The first-order chi connectivity index (χ1) is 15.4. The number of epoxide rings is 1. The number of hydrogen-bond acceptors (Lipinski definition) is 2. The van der Waals surface area contributed by atoms with Crippen molar-refractivity contribution in [2.75, 3.05) is 19.8 Å². The van der Waals surface area contributed by atoms with Crippen molar-refractivity contribution in [1.82, 2.24) is 0 Å². The van der Waals surface area contributed by atoms with Crippen LogP contribution in [0.25, 0.3) is 0 Å². The lowest BCUT2D eigenvalue weighted by Gasteiger charge is -2.18. The van der Waals surface area contributed by atoms with Gasteiger partial charge in [-0.1, -0.05) is 84.9 Å². The molecule has 162 valence electrons. The molecule has 1 saturated heterocycles. The highest BCUT2D eigenvalue weighted by atomic mass is 16.6. The van der Waals surface area contributed by atoms with Crippen LogP contribution in [0.3, 0.4) is 0 Å². The summed E-state index contributed by atoms with van der Waals surface area (Å²) in [4.78, 5) is 0. The van der Waals surface area contributed by atoms with Gasteiger partial charge in [0.2, 0.25) is 0 Å². The molecule has 1 heterocycles. The Labute approximate surface area is 187 Å². The lowest BCUT2D eigenvalue weighted by Crippen LogP contribution is -2.05. The second kappa shape index (κ2) is 11.8. The van der Waals surface area contributed by atoms with Gasteiger partial charge in [0.15, 0.2) is 0 Å². The third-order valence-electron chi connectivity index (χ3n) is 6.10. The molecular formula is C29H34O2. The number of ether oxygens (including phenoxy) is 2. The first kappa shape index (κ1) is 21.8. The van der Waals surface area contributed by atoms with Crippen LogP contribution in [-0.4, -0.2) is 25.9 Å². The van der Waals surface area contributed by atoms with Crippen LogP contribution in [0.2, 0.25) is 0 Å². The molecule has 2 atom stereocenters. The van der Waals surface area contributed by atoms with E-state index in [9.17, 15) is 0 Å². The smallest absolute Gasteiger partial charge is 0.104 e. The van der Waals surface area contributed by atoms with Crippen molar-refractivity contribution < 1.29 is 9.47 Å². The third kappa shape index (κ3) is 7.65. The van der Waals surface area contributed by atoms with Crippen LogP contribution < -0.4 is 0 Å². The SMILES string of the molecule is c1ccc(CCCC(Cc2ccc(CCCOCC3CO3)cc2)c2ccccc2)cc1. The first-order valence-electron chi connectivity index (χ1n) is 11.7. The summed E-state index contributed by atoms with van der Waals surface area (Å²) >= 11 is 0. The van der Waals surface area contributed by atoms with Crippen molar-refractivity contribution in [3.05, 3.63) is 107 Å². The van der Waals surface area contributed by atoms with Crippen LogP contribution in [0.1, 0.15) is 47.4 Å². The molecule has 0 N–H and O–H groups in total. The lowest BCUT2D eigenvalue weighted by molar-refractivity contribution is 0.114. The van der Waals surface area contributed by atoms with Crippen molar-refractivity contribution in [2.24, 2.45) is 0 Å². The fraction of sp³-hybridized carbons (Fsp3) is 0.379. The third-order valence-corrected chi connectivity index (χ3v) is 6.10. The largest absolute Gasteiger partial charge is 0.379 e. The van der Waals surface area contributed by atoms with E-state index < -0.39 is 0 Å². The normalized spacial score (nSPS) is 16.2. The van der Waals surface area contributed by atoms with Gasteiger partial charge in [0.25, 0.3) is 0 Å². The predicted molar refractivity (Wildman–Crippen MR) is 128 cm³/mol. The second-order valence-corrected chi connectivity index (χ2v) is 8.64. The fourth-order valence-corrected chi connectivity index (χ4v) is 4.19. The molecule has 2 nitrogen and oxygen atoms in total. The van der Waals surface area contributed by atoms with Gasteiger partial charge < -0.3 is 9.47 Å². The Balaban J connectivity index is 1.28. The van der Waals surface area contributed by atoms with Crippen molar-refractivity contribution in [3.8, 4) is 0 Å². The zero-order valence-corrected chi connectivity index (χ0v) is 18.4. The molecule has 0 saturated carbocycles. The monoisotopic (exact) mass is 414 g/mol. The van der Waals surface area contributed by atoms with E-state index in [0.717, 1.165) is 45.5 Å². The van der Waals surface area contributed by atoms with E-state index in [-0.39, 0.29) is 0 Å². The molecule has 0 spiro atoms. The molecule has 1 aliphatic heterocycles. The van der Waals surface area contributed by atoms with Crippen LogP contribution in [-0.2, 0) is 28.7 Å². The van der Waals surface area contributed by atoms with Gasteiger partial charge in [0.05, 0.1) is 13.2 Å². The Morgan fingerprint density at radius 1 is 0.742 bits per heavy atom. The predicted octanol–water partition coefficient (Wildman–Crippen LogP) is 6.38. The molecule has 0 bridgehead atoms. The molecule has 1 aliphatic rings. The maximum atomic E-state index is 5.65. The quantitative estimate of drug-likeness (QED) is 0.239. The molecule has 3 aromatic carbocycles. The molecule has 0 aliphatic carbocycles. The van der Waals surface area contributed by atoms with E-state index in [1.165, 1.54) is 35.1 Å². The minimum Gasteiger partial charge on any atom is -0.379 e. The molecule has 0 amide bonds.